The van der Waals surface area contributed by atoms with Crippen LogP contribution in [-0.2, 0) is 6.54 Å². The number of allylic oxidation sites excluding steroid dienone is 5. The Morgan fingerprint density at radius 2 is 2.17 bits per heavy atom. The molecule has 0 bridgehead atoms. The normalized spacial score (nSPS) is 13.6. The molecule has 0 spiro atoms. The molecule has 0 amide bonds. The van der Waals surface area contributed by atoms with E-state index in [0.717, 1.165) is 17.8 Å². The van der Waals surface area contributed by atoms with Crippen molar-refractivity contribution >= 4 is 11.4 Å². The highest BCUT2D eigenvalue weighted by Crippen LogP contribution is 2.13. The first-order valence-electron chi connectivity index (χ1n) is 7.76. The Balaban J connectivity index is 1.97. The van der Waals surface area contributed by atoms with Crippen LogP contribution in [0.1, 0.15) is 17.2 Å². The van der Waals surface area contributed by atoms with Crippen LogP contribution in [0.15, 0.2) is 73.4 Å². The van der Waals surface area contributed by atoms with Crippen LogP contribution in [0.3, 0.4) is 0 Å². The summed E-state index contributed by atoms with van der Waals surface area (Å²) in [6, 6.07) is 10.0. The maximum atomic E-state index is 8.26. The third-order valence-electron chi connectivity index (χ3n) is 3.54. The molecular weight excluding hydrogens is 298 g/mol. The molecule has 2 aromatic rings. The van der Waals surface area contributed by atoms with Crippen molar-refractivity contribution in [2.75, 3.05) is 6.54 Å². The molecule has 1 aliphatic heterocycles. The average Bonchev–Trinajstić information content (AvgIpc) is 3.05. The van der Waals surface area contributed by atoms with Gasteiger partial charge >= 0.3 is 0 Å². The van der Waals surface area contributed by atoms with Crippen molar-refractivity contribution in [1.29, 1.82) is 5.41 Å². The van der Waals surface area contributed by atoms with Crippen molar-refractivity contribution in [1.82, 2.24) is 20.1 Å². The van der Waals surface area contributed by atoms with E-state index in [9.17, 15) is 0 Å². The Morgan fingerprint density at radius 3 is 2.88 bits per heavy atom. The van der Waals surface area contributed by atoms with Gasteiger partial charge in [0.15, 0.2) is 11.6 Å². The third-order valence-corrected chi connectivity index (χ3v) is 3.54. The number of benzene rings is 1. The predicted molar refractivity (Wildman–Crippen MR) is 96.9 cm³/mol. The Labute approximate surface area is 141 Å². The molecule has 5 heteroatoms. The number of dihydropyridines is 1. The second-order valence-corrected chi connectivity index (χ2v) is 5.30. The van der Waals surface area contributed by atoms with Gasteiger partial charge in [0.25, 0.3) is 0 Å². The molecule has 2 N–H and O–H groups in total. The smallest absolute Gasteiger partial charge is 0.197 e. The number of nitrogens with zero attached hydrogens (tertiary/aromatic N) is 3. The summed E-state index contributed by atoms with van der Waals surface area (Å²) in [5.41, 5.74) is 2.28. The van der Waals surface area contributed by atoms with Gasteiger partial charge in [-0.05, 0) is 17.7 Å². The molecule has 3 rings (SSSR count). The Hall–Kier alpha value is -3.21. The molecule has 24 heavy (non-hydrogen) atoms. The molecule has 0 saturated carbocycles. The molecule has 1 aliphatic rings. The number of hydrogen-bond acceptors (Lipinski definition) is 4. The fourth-order valence-corrected chi connectivity index (χ4v) is 2.37. The van der Waals surface area contributed by atoms with Gasteiger partial charge in [-0.3, -0.25) is 5.41 Å². The maximum Gasteiger partial charge on any atom is 0.197 e. The van der Waals surface area contributed by atoms with E-state index in [1.54, 1.807) is 22.9 Å². The lowest BCUT2D eigenvalue weighted by Crippen LogP contribution is -2.15. The summed E-state index contributed by atoms with van der Waals surface area (Å²) in [4.78, 5) is 4.56. The summed E-state index contributed by atoms with van der Waals surface area (Å²) >= 11 is 0. The van der Waals surface area contributed by atoms with Crippen LogP contribution in [0.2, 0.25) is 0 Å². The largest absolute Gasteiger partial charge is 0.378 e. The fraction of sp³-hybridized carbons (Fsp3) is 0.105. The first-order valence-corrected chi connectivity index (χ1v) is 7.76. The predicted octanol–water partition coefficient (Wildman–Crippen LogP) is 2.94. The van der Waals surface area contributed by atoms with Crippen LogP contribution in [0, 0.1) is 5.41 Å². The standard InChI is InChI=1S/C19H19N5/c1-2-3-11-16(20)19-22-18(17-12-7-8-13-21-17)23-24(19)14-15-9-5-4-6-10-15/h2-12,20-21H,1,13-14H2/b11-3-,20-16?. The lowest BCUT2D eigenvalue weighted by molar-refractivity contribution is 0.674. The van der Waals surface area contributed by atoms with Crippen molar-refractivity contribution in [3.05, 3.63) is 90.6 Å². The monoisotopic (exact) mass is 317 g/mol. The second-order valence-electron chi connectivity index (χ2n) is 5.30. The first kappa shape index (κ1) is 15.7. The van der Waals surface area contributed by atoms with Crippen LogP contribution in [0.25, 0.3) is 5.70 Å². The minimum absolute atomic E-state index is 0.302. The molecular formula is C19H19N5. The topological polar surface area (TPSA) is 66.6 Å². The van der Waals surface area contributed by atoms with Crippen LogP contribution >= 0.6 is 0 Å². The van der Waals surface area contributed by atoms with Gasteiger partial charge in [0.05, 0.1) is 18.0 Å². The summed E-state index contributed by atoms with van der Waals surface area (Å²) in [6.45, 7) is 4.96. The molecule has 1 aromatic carbocycles. The molecule has 0 unspecified atom stereocenters. The molecule has 1 aromatic heterocycles. The van der Waals surface area contributed by atoms with Gasteiger partial charge in [0.2, 0.25) is 0 Å². The fourth-order valence-electron chi connectivity index (χ4n) is 2.37. The molecule has 5 nitrogen and oxygen atoms in total. The van der Waals surface area contributed by atoms with Crippen molar-refractivity contribution in [3.63, 3.8) is 0 Å². The highest BCUT2D eigenvalue weighted by molar-refractivity contribution is 6.04. The van der Waals surface area contributed by atoms with E-state index in [2.05, 4.69) is 22.0 Å². The minimum Gasteiger partial charge on any atom is -0.378 e. The average molecular weight is 317 g/mol. The molecule has 120 valence electrons. The SMILES string of the molecule is C=C/C=C\C(=N)c1nc(C2=CC=CCN2)nn1Cc1ccccc1. The Kier molecular flexibility index (Phi) is 4.81. The Bertz CT molecular complexity index is 825. The van der Waals surface area contributed by atoms with E-state index in [-0.39, 0.29) is 0 Å². The van der Waals surface area contributed by atoms with Gasteiger partial charge in [-0.15, -0.1) is 5.10 Å². The number of aromatic nitrogens is 3. The van der Waals surface area contributed by atoms with E-state index in [1.165, 1.54) is 0 Å². The number of hydrogen-bond donors (Lipinski definition) is 2. The van der Waals surface area contributed by atoms with Gasteiger partial charge in [0, 0.05) is 6.54 Å². The van der Waals surface area contributed by atoms with Crippen molar-refractivity contribution in [2.45, 2.75) is 6.54 Å². The maximum absolute atomic E-state index is 8.26. The lowest BCUT2D eigenvalue weighted by atomic mass is 10.2. The molecule has 0 fully saturated rings. The second kappa shape index (κ2) is 7.37. The quantitative estimate of drug-likeness (QED) is 0.636. The summed E-state index contributed by atoms with van der Waals surface area (Å²) in [7, 11) is 0. The summed E-state index contributed by atoms with van der Waals surface area (Å²) in [5.74, 6) is 1.13. The molecule has 0 saturated heterocycles. The van der Waals surface area contributed by atoms with Crippen molar-refractivity contribution in [3.8, 4) is 0 Å². The third kappa shape index (κ3) is 3.57. The van der Waals surface area contributed by atoms with E-state index in [4.69, 9.17) is 5.41 Å². The van der Waals surface area contributed by atoms with Crippen LogP contribution in [-0.4, -0.2) is 27.0 Å². The van der Waals surface area contributed by atoms with Crippen molar-refractivity contribution in [2.24, 2.45) is 0 Å². The molecule has 0 aliphatic carbocycles. The highest BCUT2D eigenvalue weighted by atomic mass is 15.4. The van der Waals surface area contributed by atoms with E-state index in [1.807, 2.05) is 48.6 Å². The molecule has 2 heterocycles. The minimum atomic E-state index is 0.302. The zero-order chi connectivity index (χ0) is 16.8. The first-order chi connectivity index (χ1) is 11.8. The summed E-state index contributed by atoms with van der Waals surface area (Å²) in [6.07, 6.45) is 11.0. The molecule has 0 atom stereocenters. The zero-order valence-corrected chi connectivity index (χ0v) is 13.3. The van der Waals surface area contributed by atoms with Gasteiger partial charge in [-0.2, -0.15) is 0 Å². The van der Waals surface area contributed by atoms with Crippen LogP contribution in [0.5, 0.6) is 0 Å². The number of nitrogens with one attached hydrogen (secondary N) is 2. The van der Waals surface area contributed by atoms with E-state index < -0.39 is 0 Å². The van der Waals surface area contributed by atoms with Gasteiger partial charge in [0.1, 0.15) is 0 Å². The Morgan fingerprint density at radius 1 is 1.33 bits per heavy atom. The van der Waals surface area contributed by atoms with Crippen molar-refractivity contribution < 1.29 is 0 Å². The highest BCUT2D eigenvalue weighted by Gasteiger charge is 2.16. The van der Waals surface area contributed by atoms with Crippen LogP contribution < -0.4 is 5.32 Å². The van der Waals surface area contributed by atoms with Gasteiger partial charge in [-0.1, -0.05) is 61.2 Å². The molecule has 0 radical (unpaired) electrons. The van der Waals surface area contributed by atoms with Crippen LogP contribution in [0.4, 0.5) is 0 Å². The van der Waals surface area contributed by atoms with Gasteiger partial charge < -0.3 is 5.32 Å². The summed E-state index contributed by atoms with van der Waals surface area (Å²) < 4.78 is 1.77. The number of rotatable bonds is 6. The van der Waals surface area contributed by atoms with E-state index in [0.29, 0.717) is 23.9 Å². The zero-order valence-electron chi connectivity index (χ0n) is 13.3. The van der Waals surface area contributed by atoms with E-state index >= 15 is 0 Å². The lowest BCUT2D eigenvalue weighted by Gasteiger charge is -2.07. The van der Waals surface area contributed by atoms with Gasteiger partial charge in [-0.25, -0.2) is 9.67 Å². The summed E-state index contributed by atoms with van der Waals surface area (Å²) in [5, 5.41) is 16.1.